The highest BCUT2D eigenvalue weighted by Crippen LogP contribution is 2.23. The summed E-state index contributed by atoms with van der Waals surface area (Å²) in [6, 6.07) is 1.27. The van der Waals surface area contributed by atoms with Crippen molar-refractivity contribution in [2.24, 2.45) is 5.92 Å². The normalized spacial score (nSPS) is 38.1. The van der Waals surface area contributed by atoms with Gasteiger partial charge in [-0.25, -0.2) is 4.79 Å². The van der Waals surface area contributed by atoms with Crippen molar-refractivity contribution in [3.05, 3.63) is 0 Å². The largest absolute Gasteiger partial charge is 0.335 e. The molecule has 1 saturated carbocycles. The van der Waals surface area contributed by atoms with Crippen LogP contribution in [0.3, 0.4) is 0 Å². The summed E-state index contributed by atoms with van der Waals surface area (Å²) in [5, 5.41) is 20.2. The minimum atomic E-state index is -0.191. The molecule has 3 aliphatic rings. The Bertz CT molecular complexity index is 434. The van der Waals surface area contributed by atoms with Crippen LogP contribution in [-0.2, 0) is 0 Å². The predicted molar refractivity (Wildman–Crippen MR) is 105 cm³/mol. The molecule has 3 fully saturated rings. The smallest absolute Gasteiger partial charge is 0.317 e. The predicted octanol–water partition coefficient (Wildman–Crippen LogP) is 1.18. The van der Waals surface area contributed by atoms with Gasteiger partial charge in [0.2, 0.25) is 0 Å². The van der Waals surface area contributed by atoms with Crippen molar-refractivity contribution < 1.29 is 4.79 Å². The highest BCUT2D eigenvalue weighted by Gasteiger charge is 2.27. The topological polar surface area (TPSA) is 89.2 Å². The third-order valence-corrected chi connectivity index (χ3v) is 6.08. The number of nitrogens with one attached hydrogen (secondary N) is 6. The van der Waals surface area contributed by atoms with E-state index in [0.717, 1.165) is 38.3 Å². The van der Waals surface area contributed by atoms with Crippen molar-refractivity contribution in [3.8, 4) is 0 Å². The van der Waals surface area contributed by atoms with E-state index in [2.05, 4.69) is 45.7 Å². The van der Waals surface area contributed by atoms with E-state index in [1.54, 1.807) is 0 Å². The van der Waals surface area contributed by atoms with Crippen LogP contribution in [0.15, 0.2) is 0 Å². The van der Waals surface area contributed by atoms with Crippen LogP contribution in [-0.4, -0.2) is 49.7 Å². The van der Waals surface area contributed by atoms with Crippen molar-refractivity contribution >= 4 is 6.03 Å². The molecule has 7 heteroatoms. The molecule has 26 heavy (non-hydrogen) atoms. The Morgan fingerprint density at radius 3 is 2.58 bits per heavy atom. The Kier molecular flexibility index (Phi) is 7.54. The molecule has 2 heterocycles. The van der Waals surface area contributed by atoms with Gasteiger partial charge in [-0.05, 0) is 77.3 Å². The van der Waals surface area contributed by atoms with E-state index in [4.69, 9.17) is 0 Å². The second kappa shape index (κ2) is 9.88. The summed E-state index contributed by atoms with van der Waals surface area (Å²) < 4.78 is 0. The summed E-state index contributed by atoms with van der Waals surface area (Å²) in [6.07, 6.45) is 9.42. The molecular weight excluding hydrogens is 328 g/mol. The maximum absolute atomic E-state index is 12.3. The lowest BCUT2D eigenvalue weighted by atomic mass is 9.87. The number of urea groups is 1. The lowest BCUT2D eigenvalue weighted by molar-refractivity contribution is 0.183. The Balaban J connectivity index is 1.36. The zero-order valence-electron chi connectivity index (χ0n) is 16.4. The van der Waals surface area contributed by atoms with E-state index in [9.17, 15) is 4.79 Å². The first-order chi connectivity index (χ1) is 12.6. The van der Waals surface area contributed by atoms with Crippen LogP contribution in [0.5, 0.6) is 0 Å². The molecule has 6 N–H and O–H groups in total. The molecule has 0 aromatic rings. The van der Waals surface area contributed by atoms with Gasteiger partial charge in [0.05, 0.1) is 6.17 Å². The lowest BCUT2D eigenvalue weighted by Gasteiger charge is -2.37. The molecule has 0 spiro atoms. The van der Waals surface area contributed by atoms with Crippen molar-refractivity contribution in [2.75, 3.05) is 13.1 Å². The second-order valence-electron chi connectivity index (χ2n) is 8.57. The molecule has 1 aliphatic carbocycles. The van der Waals surface area contributed by atoms with E-state index in [-0.39, 0.29) is 18.5 Å². The number of hydrogen-bond donors (Lipinski definition) is 6. The molecule has 3 rings (SSSR count). The van der Waals surface area contributed by atoms with Gasteiger partial charge in [-0.3, -0.25) is 10.6 Å². The van der Waals surface area contributed by atoms with Crippen LogP contribution in [0, 0.1) is 5.92 Å². The molecule has 2 saturated heterocycles. The minimum Gasteiger partial charge on any atom is -0.335 e. The van der Waals surface area contributed by atoms with Gasteiger partial charge in [-0.1, -0.05) is 6.92 Å². The fourth-order valence-corrected chi connectivity index (χ4v) is 4.45. The quantitative estimate of drug-likeness (QED) is 0.425. The van der Waals surface area contributed by atoms with Crippen LogP contribution in [0.1, 0.15) is 65.2 Å². The molecule has 150 valence electrons. The number of hydrogen-bond acceptors (Lipinski definition) is 5. The van der Waals surface area contributed by atoms with Gasteiger partial charge in [0.25, 0.3) is 0 Å². The first-order valence-corrected chi connectivity index (χ1v) is 10.6. The molecule has 4 atom stereocenters. The van der Waals surface area contributed by atoms with E-state index in [1.165, 1.54) is 32.1 Å². The third kappa shape index (κ3) is 6.37. The molecular formula is C19H38N6O. The maximum Gasteiger partial charge on any atom is 0.317 e. The molecule has 0 bridgehead atoms. The van der Waals surface area contributed by atoms with Crippen molar-refractivity contribution in [3.63, 3.8) is 0 Å². The Morgan fingerprint density at radius 1 is 1.04 bits per heavy atom. The molecule has 4 unspecified atom stereocenters. The number of carbonyl (C=O) groups is 1. The van der Waals surface area contributed by atoms with Crippen molar-refractivity contribution in [1.82, 2.24) is 31.9 Å². The average molecular weight is 367 g/mol. The van der Waals surface area contributed by atoms with Crippen molar-refractivity contribution in [2.45, 2.75) is 95.8 Å². The van der Waals surface area contributed by atoms with Gasteiger partial charge in [0.15, 0.2) is 0 Å². The Morgan fingerprint density at radius 2 is 1.85 bits per heavy atom. The molecule has 7 nitrogen and oxygen atoms in total. The fourth-order valence-electron chi connectivity index (χ4n) is 4.45. The standard InChI is InChI=1S/C19H38N6O/c1-13-5-7-16(8-6-13)23-19(26)25-18-22-14(2)12-17(24-18)21-11-9-15-4-3-10-20-15/h13-18,20-22,24H,3-12H2,1-2H3,(H2,23,25,26). The molecule has 2 aliphatic heterocycles. The van der Waals surface area contributed by atoms with Crippen LogP contribution in [0.25, 0.3) is 0 Å². The number of carbonyl (C=O) groups excluding carboxylic acids is 1. The average Bonchev–Trinajstić information content (AvgIpc) is 3.10. The maximum atomic E-state index is 12.3. The summed E-state index contributed by atoms with van der Waals surface area (Å²) in [4.78, 5) is 12.3. The highest BCUT2D eigenvalue weighted by molar-refractivity contribution is 5.74. The van der Waals surface area contributed by atoms with E-state index < -0.39 is 0 Å². The first-order valence-electron chi connectivity index (χ1n) is 10.6. The Hall–Kier alpha value is -0.890. The van der Waals surface area contributed by atoms with Gasteiger partial charge in [0, 0.05) is 18.1 Å². The second-order valence-corrected chi connectivity index (χ2v) is 8.57. The summed E-state index contributed by atoms with van der Waals surface area (Å²) in [5.74, 6) is 0.796. The Labute approximate surface area is 158 Å². The zero-order valence-corrected chi connectivity index (χ0v) is 16.4. The monoisotopic (exact) mass is 366 g/mol. The number of amides is 2. The van der Waals surface area contributed by atoms with Gasteiger partial charge in [-0.15, -0.1) is 0 Å². The number of rotatable bonds is 6. The van der Waals surface area contributed by atoms with Crippen LogP contribution < -0.4 is 31.9 Å². The van der Waals surface area contributed by atoms with Gasteiger partial charge < -0.3 is 21.3 Å². The van der Waals surface area contributed by atoms with E-state index >= 15 is 0 Å². The molecule has 2 amide bonds. The summed E-state index contributed by atoms with van der Waals surface area (Å²) in [5.41, 5.74) is 0. The van der Waals surface area contributed by atoms with E-state index in [0.29, 0.717) is 18.1 Å². The fraction of sp³-hybridized carbons (Fsp3) is 0.947. The summed E-state index contributed by atoms with van der Waals surface area (Å²) in [6.45, 7) is 6.63. The molecule has 0 aromatic heterocycles. The molecule has 0 radical (unpaired) electrons. The zero-order chi connectivity index (χ0) is 18.4. The first kappa shape index (κ1) is 19.9. The van der Waals surface area contributed by atoms with Crippen LogP contribution in [0.2, 0.25) is 0 Å². The summed E-state index contributed by atoms with van der Waals surface area (Å²) in [7, 11) is 0. The van der Waals surface area contributed by atoms with Gasteiger partial charge >= 0.3 is 6.03 Å². The highest BCUT2D eigenvalue weighted by atomic mass is 16.2. The van der Waals surface area contributed by atoms with Gasteiger partial charge in [0.1, 0.15) is 6.29 Å². The summed E-state index contributed by atoms with van der Waals surface area (Å²) >= 11 is 0. The lowest BCUT2D eigenvalue weighted by Crippen LogP contribution is -2.68. The third-order valence-electron chi connectivity index (χ3n) is 6.08. The minimum absolute atomic E-state index is 0.0717. The molecule has 0 aromatic carbocycles. The van der Waals surface area contributed by atoms with Crippen LogP contribution >= 0.6 is 0 Å². The van der Waals surface area contributed by atoms with E-state index in [1.807, 2.05) is 0 Å². The van der Waals surface area contributed by atoms with Gasteiger partial charge in [-0.2, -0.15) is 0 Å². The van der Waals surface area contributed by atoms with Crippen LogP contribution in [0.4, 0.5) is 4.79 Å². The van der Waals surface area contributed by atoms with Crippen molar-refractivity contribution in [1.29, 1.82) is 0 Å². The SMILES string of the molecule is CC1CCC(NC(=O)NC2NC(C)CC(NCCC3CCCN3)N2)CC1.